The third-order valence-electron chi connectivity index (χ3n) is 2.32. The highest BCUT2D eigenvalue weighted by atomic mass is 15.3. The lowest BCUT2D eigenvalue weighted by Crippen LogP contribution is -2.20. The molecule has 0 saturated carbocycles. The standard InChI is InChI=1S/C11H22N4/c1-9(2)7-15-11(13-8-14-15)5-10(3)6-12-4/h8-10,12H,5-7H2,1-4H3. The molecule has 1 atom stereocenters. The first-order valence-electron chi connectivity index (χ1n) is 5.64. The van der Waals surface area contributed by atoms with Crippen LogP contribution in [0.25, 0.3) is 0 Å². The van der Waals surface area contributed by atoms with Gasteiger partial charge in [-0.05, 0) is 25.4 Å². The van der Waals surface area contributed by atoms with Crippen molar-refractivity contribution in [3.8, 4) is 0 Å². The zero-order chi connectivity index (χ0) is 11.3. The molecule has 4 heteroatoms. The van der Waals surface area contributed by atoms with Gasteiger partial charge in [-0.2, -0.15) is 5.10 Å². The van der Waals surface area contributed by atoms with Gasteiger partial charge in [-0.15, -0.1) is 0 Å². The van der Waals surface area contributed by atoms with E-state index in [1.54, 1.807) is 6.33 Å². The van der Waals surface area contributed by atoms with E-state index >= 15 is 0 Å². The number of nitrogens with zero attached hydrogens (tertiary/aromatic N) is 3. The third-order valence-corrected chi connectivity index (χ3v) is 2.32. The van der Waals surface area contributed by atoms with Crippen molar-refractivity contribution < 1.29 is 0 Å². The third kappa shape index (κ3) is 4.00. The fourth-order valence-corrected chi connectivity index (χ4v) is 1.68. The number of aromatic nitrogens is 3. The van der Waals surface area contributed by atoms with Crippen LogP contribution in [0, 0.1) is 11.8 Å². The van der Waals surface area contributed by atoms with Crippen molar-refractivity contribution in [2.24, 2.45) is 11.8 Å². The van der Waals surface area contributed by atoms with Gasteiger partial charge in [0, 0.05) is 13.0 Å². The van der Waals surface area contributed by atoms with Crippen molar-refractivity contribution in [2.75, 3.05) is 13.6 Å². The summed E-state index contributed by atoms with van der Waals surface area (Å²) in [4.78, 5) is 4.32. The number of hydrogen-bond donors (Lipinski definition) is 1. The highest BCUT2D eigenvalue weighted by Gasteiger charge is 2.09. The molecule has 1 rings (SSSR count). The molecular formula is C11H22N4. The summed E-state index contributed by atoms with van der Waals surface area (Å²) in [6, 6.07) is 0. The van der Waals surface area contributed by atoms with Crippen molar-refractivity contribution >= 4 is 0 Å². The van der Waals surface area contributed by atoms with Crippen molar-refractivity contribution in [1.82, 2.24) is 20.1 Å². The lowest BCUT2D eigenvalue weighted by molar-refractivity contribution is 0.443. The van der Waals surface area contributed by atoms with Gasteiger partial charge >= 0.3 is 0 Å². The average Bonchev–Trinajstić information content (AvgIpc) is 2.52. The fraction of sp³-hybridized carbons (Fsp3) is 0.818. The van der Waals surface area contributed by atoms with Gasteiger partial charge in [0.15, 0.2) is 0 Å². The largest absolute Gasteiger partial charge is 0.319 e. The lowest BCUT2D eigenvalue weighted by atomic mass is 10.1. The van der Waals surface area contributed by atoms with Crippen LogP contribution in [0.2, 0.25) is 0 Å². The minimum absolute atomic E-state index is 0.602. The topological polar surface area (TPSA) is 42.7 Å². The van der Waals surface area contributed by atoms with Crippen molar-refractivity contribution in [3.63, 3.8) is 0 Å². The molecule has 0 radical (unpaired) electrons. The first kappa shape index (κ1) is 12.2. The molecule has 0 bridgehead atoms. The van der Waals surface area contributed by atoms with Crippen LogP contribution in [0.15, 0.2) is 6.33 Å². The van der Waals surface area contributed by atoms with E-state index in [1.807, 2.05) is 11.7 Å². The Labute approximate surface area is 92.1 Å². The van der Waals surface area contributed by atoms with E-state index in [-0.39, 0.29) is 0 Å². The second-order valence-corrected chi connectivity index (χ2v) is 4.62. The monoisotopic (exact) mass is 210 g/mol. The van der Waals surface area contributed by atoms with Crippen LogP contribution in [0.5, 0.6) is 0 Å². The molecule has 1 unspecified atom stereocenters. The highest BCUT2D eigenvalue weighted by molar-refractivity contribution is 4.87. The molecule has 0 amide bonds. The van der Waals surface area contributed by atoms with Crippen molar-refractivity contribution in [2.45, 2.75) is 33.7 Å². The maximum atomic E-state index is 4.32. The molecule has 0 spiro atoms. The van der Waals surface area contributed by atoms with E-state index in [9.17, 15) is 0 Å². The zero-order valence-electron chi connectivity index (χ0n) is 10.2. The molecule has 0 aliphatic rings. The summed E-state index contributed by atoms with van der Waals surface area (Å²) in [6.07, 6.45) is 2.65. The maximum absolute atomic E-state index is 4.32. The van der Waals surface area contributed by atoms with Crippen LogP contribution in [0.3, 0.4) is 0 Å². The van der Waals surface area contributed by atoms with E-state index in [1.165, 1.54) is 0 Å². The Balaban J connectivity index is 2.56. The fourth-order valence-electron chi connectivity index (χ4n) is 1.68. The minimum Gasteiger partial charge on any atom is -0.319 e. The minimum atomic E-state index is 0.602. The Morgan fingerprint density at radius 1 is 1.40 bits per heavy atom. The van der Waals surface area contributed by atoms with Gasteiger partial charge in [0.2, 0.25) is 0 Å². The molecule has 0 aromatic carbocycles. The SMILES string of the molecule is CNCC(C)Cc1ncnn1CC(C)C. The number of nitrogens with one attached hydrogen (secondary N) is 1. The Hall–Kier alpha value is -0.900. The van der Waals surface area contributed by atoms with E-state index in [0.717, 1.165) is 25.3 Å². The maximum Gasteiger partial charge on any atom is 0.138 e. The summed E-state index contributed by atoms with van der Waals surface area (Å²) < 4.78 is 2.02. The normalized spacial score (nSPS) is 13.4. The summed E-state index contributed by atoms with van der Waals surface area (Å²) in [5.41, 5.74) is 0. The van der Waals surface area contributed by atoms with Crippen LogP contribution in [0.4, 0.5) is 0 Å². The molecule has 1 heterocycles. The van der Waals surface area contributed by atoms with Crippen LogP contribution in [0.1, 0.15) is 26.6 Å². The predicted octanol–water partition coefficient (Wildman–Crippen LogP) is 1.33. The van der Waals surface area contributed by atoms with Gasteiger partial charge in [-0.25, -0.2) is 9.67 Å². The predicted molar refractivity (Wildman–Crippen MR) is 61.7 cm³/mol. The second-order valence-electron chi connectivity index (χ2n) is 4.62. The molecule has 0 aliphatic carbocycles. The van der Waals surface area contributed by atoms with Crippen molar-refractivity contribution in [3.05, 3.63) is 12.2 Å². The lowest BCUT2D eigenvalue weighted by Gasteiger charge is -2.12. The molecule has 1 N–H and O–H groups in total. The van der Waals surface area contributed by atoms with Gasteiger partial charge in [-0.1, -0.05) is 20.8 Å². The van der Waals surface area contributed by atoms with Gasteiger partial charge in [0.1, 0.15) is 12.2 Å². The van der Waals surface area contributed by atoms with Crippen LogP contribution < -0.4 is 5.32 Å². The molecule has 0 fully saturated rings. The second kappa shape index (κ2) is 5.85. The summed E-state index contributed by atoms with van der Waals surface area (Å²) in [6.45, 7) is 8.60. The van der Waals surface area contributed by atoms with Crippen LogP contribution >= 0.6 is 0 Å². The van der Waals surface area contributed by atoms with E-state index in [0.29, 0.717) is 11.8 Å². The van der Waals surface area contributed by atoms with Gasteiger partial charge < -0.3 is 5.32 Å². The van der Waals surface area contributed by atoms with Crippen molar-refractivity contribution in [1.29, 1.82) is 0 Å². The first-order valence-corrected chi connectivity index (χ1v) is 5.64. The first-order chi connectivity index (χ1) is 7.13. The van der Waals surface area contributed by atoms with Gasteiger partial charge in [-0.3, -0.25) is 0 Å². The molecule has 0 saturated heterocycles. The van der Waals surface area contributed by atoms with Crippen LogP contribution in [-0.2, 0) is 13.0 Å². The smallest absolute Gasteiger partial charge is 0.138 e. The van der Waals surface area contributed by atoms with Gasteiger partial charge in [0.25, 0.3) is 0 Å². The van der Waals surface area contributed by atoms with Crippen LogP contribution in [-0.4, -0.2) is 28.4 Å². The Bertz CT molecular complexity index is 280. The van der Waals surface area contributed by atoms with E-state index in [2.05, 4.69) is 36.2 Å². The molecule has 15 heavy (non-hydrogen) atoms. The zero-order valence-corrected chi connectivity index (χ0v) is 10.2. The molecule has 86 valence electrons. The Kier molecular flexibility index (Phi) is 4.75. The summed E-state index contributed by atoms with van der Waals surface area (Å²) in [7, 11) is 1.98. The van der Waals surface area contributed by atoms with E-state index < -0.39 is 0 Å². The summed E-state index contributed by atoms with van der Waals surface area (Å²) in [5.74, 6) is 2.32. The van der Waals surface area contributed by atoms with Gasteiger partial charge in [0.05, 0.1) is 0 Å². The Morgan fingerprint density at radius 3 is 2.73 bits per heavy atom. The Morgan fingerprint density at radius 2 is 2.13 bits per heavy atom. The highest BCUT2D eigenvalue weighted by Crippen LogP contribution is 2.07. The van der Waals surface area contributed by atoms with E-state index in [4.69, 9.17) is 0 Å². The molecular weight excluding hydrogens is 188 g/mol. The number of rotatable bonds is 6. The quantitative estimate of drug-likeness (QED) is 0.770. The number of hydrogen-bond acceptors (Lipinski definition) is 3. The average molecular weight is 210 g/mol. The molecule has 1 aromatic heterocycles. The molecule has 0 aliphatic heterocycles. The summed E-state index contributed by atoms with van der Waals surface area (Å²) >= 11 is 0. The molecule has 1 aromatic rings. The summed E-state index contributed by atoms with van der Waals surface area (Å²) in [5, 5.41) is 7.44. The molecule has 4 nitrogen and oxygen atoms in total.